The number of halogens is 3. The highest BCUT2D eigenvalue weighted by molar-refractivity contribution is 5.86. The third-order valence-corrected chi connectivity index (χ3v) is 4.93. The third-order valence-electron chi connectivity index (χ3n) is 4.93. The molecule has 9 heteroatoms. The number of hydrogen-bond acceptors (Lipinski definition) is 4. The van der Waals surface area contributed by atoms with Gasteiger partial charge in [0.25, 0.3) is 0 Å². The van der Waals surface area contributed by atoms with Crippen molar-refractivity contribution < 1.29 is 17.9 Å². The van der Waals surface area contributed by atoms with E-state index in [1.807, 2.05) is 6.07 Å². The average molecular weight is 411 g/mol. The summed E-state index contributed by atoms with van der Waals surface area (Å²) in [5, 5.41) is 9.40. The molecule has 0 radical (unpaired) electrons. The Balaban J connectivity index is 1.74. The van der Waals surface area contributed by atoms with Crippen molar-refractivity contribution in [2.45, 2.75) is 12.8 Å². The van der Waals surface area contributed by atoms with E-state index in [1.54, 1.807) is 54.1 Å². The van der Waals surface area contributed by atoms with Crippen LogP contribution in [-0.2, 0) is 26.9 Å². The number of nitriles is 1. The Morgan fingerprint density at radius 1 is 1.07 bits per heavy atom. The topological polar surface area (TPSA) is 68.7 Å². The van der Waals surface area contributed by atoms with Crippen molar-refractivity contribution in [3.8, 4) is 23.1 Å². The number of aromatic nitrogens is 4. The van der Waals surface area contributed by atoms with Crippen molar-refractivity contribution in [1.29, 1.82) is 5.26 Å². The quantitative estimate of drug-likeness (QED) is 0.498. The van der Waals surface area contributed by atoms with Crippen molar-refractivity contribution in [2.75, 3.05) is 0 Å². The second kappa shape index (κ2) is 7.22. The van der Waals surface area contributed by atoms with Crippen LogP contribution >= 0.6 is 0 Å². The van der Waals surface area contributed by atoms with E-state index in [0.29, 0.717) is 11.1 Å². The van der Waals surface area contributed by atoms with Crippen LogP contribution in [-0.4, -0.2) is 19.3 Å². The molecule has 3 heterocycles. The maximum Gasteiger partial charge on any atom is 0.419 e. The largest absolute Gasteiger partial charge is 0.488 e. The second-order valence-corrected chi connectivity index (χ2v) is 6.74. The summed E-state index contributed by atoms with van der Waals surface area (Å²) in [4.78, 5) is 8.13. The van der Waals surface area contributed by atoms with Gasteiger partial charge in [-0.05, 0) is 42.0 Å². The molecular weight excluding hydrogens is 395 g/mol. The predicted molar refractivity (Wildman–Crippen MR) is 103 cm³/mol. The van der Waals surface area contributed by atoms with Gasteiger partial charge in [0.15, 0.2) is 5.69 Å². The van der Waals surface area contributed by atoms with Gasteiger partial charge in [-0.15, -0.1) is 0 Å². The number of nitrogens with zero attached hydrogens (tertiary/aromatic N) is 5. The summed E-state index contributed by atoms with van der Waals surface area (Å²) in [6, 6.07) is 10.8. The van der Waals surface area contributed by atoms with Gasteiger partial charge in [-0.3, -0.25) is 14.3 Å². The summed E-state index contributed by atoms with van der Waals surface area (Å²) in [7, 11) is 3.58. The molecule has 0 aliphatic rings. The number of fused-ring (bicyclic) bond motifs is 1. The highest BCUT2D eigenvalue weighted by Gasteiger charge is 2.35. The Hall–Kier alpha value is -3.80. The number of benzene rings is 1. The van der Waals surface area contributed by atoms with E-state index >= 15 is 0 Å². The molecule has 0 saturated carbocycles. The van der Waals surface area contributed by atoms with E-state index in [4.69, 9.17) is 4.74 Å². The Bertz CT molecular complexity index is 1270. The van der Waals surface area contributed by atoms with Crippen LogP contribution in [0.4, 0.5) is 13.2 Å². The van der Waals surface area contributed by atoms with Crippen LogP contribution in [0.25, 0.3) is 22.3 Å². The fourth-order valence-corrected chi connectivity index (χ4v) is 3.26. The summed E-state index contributed by atoms with van der Waals surface area (Å²) in [5.74, 6) is -0.274. The minimum absolute atomic E-state index is 0.0161. The molecule has 0 aliphatic carbocycles. The van der Waals surface area contributed by atoms with Gasteiger partial charge in [-0.2, -0.15) is 18.4 Å². The van der Waals surface area contributed by atoms with E-state index in [2.05, 4.69) is 9.97 Å². The highest BCUT2D eigenvalue weighted by Crippen LogP contribution is 2.39. The van der Waals surface area contributed by atoms with Gasteiger partial charge in [-0.1, -0.05) is 0 Å². The SMILES string of the molecule is Cn1c2cc(-c3ccc(OCc4ccncc4)c(C(F)(F)F)c3)nc(C#N)c2n1C. The Kier molecular flexibility index (Phi) is 4.70. The standard InChI is InChI=1S/C21H16F3N5O/c1-28-18-10-16(27-17(11-25)20(18)29(28)2)14-3-4-19(15(9-14)21(22,23)24)30-12-13-5-7-26-8-6-13/h3-10H,12H2,1-2H3. The van der Waals surface area contributed by atoms with E-state index in [9.17, 15) is 18.4 Å². The van der Waals surface area contributed by atoms with Crippen LogP contribution < -0.4 is 4.74 Å². The summed E-state index contributed by atoms with van der Waals surface area (Å²) in [6.07, 6.45) is -1.52. The average Bonchev–Trinajstić information content (AvgIpc) is 2.76. The molecule has 0 aliphatic heterocycles. The van der Waals surface area contributed by atoms with Gasteiger partial charge in [0.1, 0.15) is 23.9 Å². The van der Waals surface area contributed by atoms with Crippen LogP contribution in [0.15, 0.2) is 48.8 Å². The highest BCUT2D eigenvalue weighted by atomic mass is 19.4. The zero-order valence-corrected chi connectivity index (χ0v) is 16.1. The van der Waals surface area contributed by atoms with Crippen molar-refractivity contribution in [3.63, 3.8) is 0 Å². The molecule has 4 aromatic rings. The molecule has 0 fully saturated rings. The minimum Gasteiger partial charge on any atom is -0.488 e. The zero-order valence-electron chi connectivity index (χ0n) is 16.1. The zero-order chi connectivity index (χ0) is 21.5. The Morgan fingerprint density at radius 2 is 1.80 bits per heavy atom. The smallest absolute Gasteiger partial charge is 0.419 e. The van der Waals surface area contributed by atoms with Gasteiger partial charge >= 0.3 is 6.18 Å². The van der Waals surface area contributed by atoms with Crippen molar-refractivity contribution in [3.05, 3.63) is 65.6 Å². The third kappa shape index (κ3) is 3.37. The maximum absolute atomic E-state index is 13.7. The molecule has 30 heavy (non-hydrogen) atoms. The van der Waals surface area contributed by atoms with Gasteiger partial charge in [0, 0.05) is 32.1 Å². The number of alkyl halides is 3. The molecule has 0 atom stereocenters. The Labute approximate surface area is 169 Å². The van der Waals surface area contributed by atoms with Gasteiger partial charge < -0.3 is 4.74 Å². The number of aryl methyl sites for hydroxylation is 2. The minimum atomic E-state index is -4.61. The molecule has 6 nitrogen and oxygen atoms in total. The number of hydrogen-bond donors (Lipinski definition) is 0. The predicted octanol–water partition coefficient (Wildman–Crippen LogP) is 4.44. The molecule has 0 saturated heterocycles. The first-order valence-electron chi connectivity index (χ1n) is 8.95. The lowest BCUT2D eigenvalue weighted by Gasteiger charge is -2.21. The first-order valence-corrected chi connectivity index (χ1v) is 8.95. The summed E-state index contributed by atoms with van der Waals surface area (Å²) in [5.41, 5.74) is 1.88. The van der Waals surface area contributed by atoms with E-state index in [1.165, 1.54) is 12.1 Å². The van der Waals surface area contributed by atoms with Crippen molar-refractivity contribution >= 4 is 11.0 Å². The fraction of sp³-hybridized carbons (Fsp3) is 0.190. The van der Waals surface area contributed by atoms with Crippen LogP contribution in [0.3, 0.4) is 0 Å². The first kappa shape index (κ1) is 19.5. The lowest BCUT2D eigenvalue weighted by Crippen LogP contribution is -2.19. The van der Waals surface area contributed by atoms with Gasteiger partial charge in [0.2, 0.25) is 0 Å². The maximum atomic E-state index is 13.7. The van der Waals surface area contributed by atoms with Gasteiger partial charge in [-0.25, -0.2) is 4.98 Å². The summed E-state index contributed by atoms with van der Waals surface area (Å²) < 4.78 is 50.1. The van der Waals surface area contributed by atoms with Crippen LogP contribution in [0, 0.1) is 11.3 Å². The lowest BCUT2D eigenvalue weighted by atomic mass is 10.0. The molecule has 0 amide bonds. The molecule has 4 rings (SSSR count). The van der Waals surface area contributed by atoms with E-state index in [0.717, 1.165) is 11.6 Å². The lowest BCUT2D eigenvalue weighted by molar-refractivity contribution is -0.139. The molecule has 1 aromatic carbocycles. The monoisotopic (exact) mass is 411 g/mol. The normalized spacial score (nSPS) is 11.6. The molecule has 0 spiro atoms. The summed E-state index contributed by atoms with van der Waals surface area (Å²) in [6.45, 7) is -0.0161. The molecule has 152 valence electrons. The molecular formula is C21H16F3N5O. The van der Waals surface area contributed by atoms with E-state index in [-0.39, 0.29) is 29.3 Å². The number of pyridine rings is 2. The molecule has 0 unspecified atom stereocenters. The summed E-state index contributed by atoms with van der Waals surface area (Å²) >= 11 is 0. The van der Waals surface area contributed by atoms with Gasteiger partial charge in [0.05, 0.1) is 16.8 Å². The molecule has 0 bridgehead atoms. The number of ether oxygens (including phenoxy) is 1. The first-order chi connectivity index (χ1) is 14.3. The number of rotatable bonds is 4. The molecule has 3 aromatic heterocycles. The van der Waals surface area contributed by atoms with Crippen molar-refractivity contribution in [1.82, 2.24) is 19.3 Å². The van der Waals surface area contributed by atoms with Crippen LogP contribution in [0.5, 0.6) is 5.75 Å². The van der Waals surface area contributed by atoms with Crippen molar-refractivity contribution in [2.24, 2.45) is 14.1 Å². The van der Waals surface area contributed by atoms with Crippen LogP contribution in [0.2, 0.25) is 0 Å². The van der Waals surface area contributed by atoms with Crippen LogP contribution in [0.1, 0.15) is 16.8 Å². The van der Waals surface area contributed by atoms with E-state index < -0.39 is 11.7 Å². The Morgan fingerprint density at radius 3 is 2.47 bits per heavy atom. The fourth-order valence-electron chi connectivity index (χ4n) is 3.26. The second-order valence-electron chi connectivity index (χ2n) is 6.74. The molecule has 0 N–H and O–H groups in total.